The lowest BCUT2D eigenvalue weighted by Gasteiger charge is -2.37. The van der Waals surface area contributed by atoms with Crippen molar-refractivity contribution in [3.8, 4) is 0 Å². The van der Waals surface area contributed by atoms with E-state index >= 15 is 0 Å². The third-order valence-electron chi connectivity index (χ3n) is 3.90. The van der Waals surface area contributed by atoms with E-state index < -0.39 is 11.7 Å². The second-order valence-electron chi connectivity index (χ2n) is 5.36. The minimum atomic E-state index is -4.39. The van der Waals surface area contributed by atoms with Crippen LogP contribution < -0.4 is 0 Å². The Hall–Kier alpha value is -1.81. The van der Waals surface area contributed by atoms with E-state index in [0.717, 1.165) is 11.6 Å². The van der Waals surface area contributed by atoms with E-state index in [0.29, 0.717) is 19.4 Å². The molecular weight excluding hydrogens is 289 g/mol. The summed E-state index contributed by atoms with van der Waals surface area (Å²) in [6.45, 7) is 7.28. The maximum Gasteiger partial charge on any atom is 0.416 e. The molecular formula is C18H19F3O. The number of hydrogen-bond donors (Lipinski definition) is 0. The molecule has 0 spiro atoms. The molecule has 0 heterocycles. The highest BCUT2D eigenvalue weighted by Gasteiger charge is 2.39. The average Bonchev–Trinajstić information content (AvgIpc) is 2.44. The fourth-order valence-electron chi connectivity index (χ4n) is 2.64. The first kappa shape index (κ1) is 16.6. The first-order chi connectivity index (χ1) is 10.5. The molecule has 0 aliphatic heterocycles. The van der Waals surface area contributed by atoms with Gasteiger partial charge in [-0.3, -0.25) is 0 Å². The van der Waals surface area contributed by atoms with Crippen LogP contribution in [0.15, 0.2) is 66.8 Å². The average molecular weight is 308 g/mol. The zero-order chi connectivity index (χ0) is 16.2. The Balaban J connectivity index is 1.93. The number of allylic oxidation sites excluding steroid dienone is 4. The van der Waals surface area contributed by atoms with E-state index in [1.165, 1.54) is 6.08 Å². The van der Waals surface area contributed by atoms with Gasteiger partial charge in [0, 0.05) is 0 Å². The maximum atomic E-state index is 12.9. The normalized spacial score (nSPS) is 22.5. The molecule has 1 nitrogen and oxygen atoms in total. The van der Waals surface area contributed by atoms with Gasteiger partial charge in [0.25, 0.3) is 0 Å². The van der Waals surface area contributed by atoms with Gasteiger partial charge in [-0.05, 0) is 29.9 Å². The first-order valence-electron chi connectivity index (χ1n) is 7.17. The zero-order valence-electron chi connectivity index (χ0n) is 12.3. The van der Waals surface area contributed by atoms with Crippen LogP contribution in [0.4, 0.5) is 13.2 Å². The summed E-state index contributed by atoms with van der Waals surface area (Å²) >= 11 is 0. The van der Waals surface area contributed by atoms with Crippen molar-refractivity contribution in [1.82, 2.24) is 0 Å². The molecule has 1 aromatic rings. The molecule has 0 radical (unpaired) electrons. The second kappa shape index (κ2) is 6.97. The van der Waals surface area contributed by atoms with Gasteiger partial charge in [-0.15, -0.1) is 0 Å². The van der Waals surface area contributed by atoms with Crippen LogP contribution in [0.25, 0.3) is 0 Å². The Kier molecular flexibility index (Phi) is 5.24. The summed E-state index contributed by atoms with van der Waals surface area (Å²) in [7, 11) is 0. The molecule has 1 saturated carbocycles. The van der Waals surface area contributed by atoms with E-state index in [1.807, 2.05) is 30.3 Å². The Bertz CT molecular complexity index is 551. The smallest absolute Gasteiger partial charge is 0.373 e. The van der Waals surface area contributed by atoms with Crippen LogP contribution in [0.2, 0.25) is 0 Å². The van der Waals surface area contributed by atoms with Gasteiger partial charge in [0.2, 0.25) is 0 Å². The van der Waals surface area contributed by atoms with Crippen molar-refractivity contribution < 1.29 is 17.9 Å². The summed E-state index contributed by atoms with van der Waals surface area (Å²) in [6, 6.07) is 9.72. The summed E-state index contributed by atoms with van der Waals surface area (Å²) in [5, 5.41) is 0. The van der Waals surface area contributed by atoms with Crippen LogP contribution in [0.5, 0.6) is 0 Å². The predicted octanol–water partition coefficient (Wildman–Crippen LogP) is 5.21. The minimum absolute atomic E-state index is 0.000505. The number of rotatable bonds is 6. The summed E-state index contributed by atoms with van der Waals surface area (Å²) in [5.41, 5.74) is 0.601. The molecule has 1 fully saturated rings. The summed E-state index contributed by atoms with van der Waals surface area (Å²) in [5.74, 6) is -0.159. The van der Waals surface area contributed by atoms with Gasteiger partial charge in [-0.2, -0.15) is 13.2 Å². The summed E-state index contributed by atoms with van der Waals surface area (Å²) in [6.07, 6.45) is -1.05. The van der Waals surface area contributed by atoms with Crippen molar-refractivity contribution in [2.45, 2.75) is 31.7 Å². The van der Waals surface area contributed by atoms with Crippen molar-refractivity contribution in [3.05, 3.63) is 72.4 Å². The highest BCUT2D eigenvalue weighted by molar-refractivity contribution is 5.37. The molecule has 0 atom stereocenters. The summed E-state index contributed by atoms with van der Waals surface area (Å²) in [4.78, 5) is 0. The van der Waals surface area contributed by atoms with Crippen LogP contribution in [0.3, 0.4) is 0 Å². The van der Waals surface area contributed by atoms with Crippen molar-refractivity contribution >= 4 is 0 Å². The quantitative estimate of drug-likeness (QED) is 0.655. The molecule has 118 valence electrons. The van der Waals surface area contributed by atoms with Crippen LogP contribution in [0, 0.1) is 5.92 Å². The third-order valence-corrected chi connectivity index (χ3v) is 3.90. The molecule has 0 aromatic heterocycles. The molecule has 0 N–H and O–H groups in total. The van der Waals surface area contributed by atoms with Crippen molar-refractivity contribution in [3.63, 3.8) is 0 Å². The Morgan fingerprint density at radius 1 is 1.14 bits per heavy atom. The number of ether oxygens (including phenoxy) is 1. The minimum Gasteiger partial charge on any atom is -0.373 e. The van der Waals surface area contributed by atoms with Crippen LogP contribution >= 0.6 is 0 Å². The van der Waals surface area contributed by atoms with Crippen LogP contribution in [-0.2, 0) is 11.3 Å². The number of alkyl halides is 3. The Labute approximate surface area is 128 Å². The lowest BCUT2D eigenvalue weighted by atomic mass is 9.75. The molecule has 4 heteroatoms. The molecule has 2 rings (SSSR count). The topological polar surface area (TPSA) is 9.23 Å². The van der Waals surface area contributed by atoms with Gasteiger partial charge in [0.15, 0.2) is 0 Å². The second-order valence-corrected chi connectivity index (χ2v) is 5.36. The number of hydrogen-bond acceptors (Lipinski definition) is 1. The standard InChI is InChI=1S/C18H19F3O/c1-3-16(17(4-2)18(19,20)21)14-10-15(11-14)22-12-13-8-6-5-7-9-13/h3-9,14-15H,1-2,10-12H2/b17-16-. The van der Waals surface area contributed by atoms with Crippen molar-refractivity contribution in [2.24, 2.45) is 5.92 Å². The fourth-order valence-corrected chi connectivity index (χ4v) is 2.64. The summed E-state index contributed by atoms with van der Waals surface area (Å²) < 4.78 is 44.5. The van der Waals surface area contributed by atoms with Crippen LogP contribution in [-0.4, -0.2) is 12.3 Å². The third kappa shape index (κ3) is 3.89. The lowest BCUT2D eigenvalue weighted by Crippen LogP contribution is -2.33. The Morgan fingerprint density at radius 2 is 1.77 bits per heavy atom. The number of benzene rings is 1. The maximum absolute atomic E-state index is 12.9. The Morgan fingerprint density at radius 3 is 2.27 bits per heavy atom. The first-order valence-corrected chi connectivity index (χ1v) is 7.17. The molecule has 22 heavy (non-hydrogen) atoms. The van der Waals surface area contributed by atoms with Gasteiger partial charge >= 0.3 is 6.18 Å². The molecule has 0 saturated heterocycles. The van der Waals surface area contributed by atoms with E-state index in [2.05, 4.69) is 13.2 Å². The van der Waals surface area contributed by atoms with E-state index in [1.54, 1.807) is 0 Å². The SMILES string of the molecule is C=C/C(=C(\C=C)C(F)(F)F)C1CC(OCc2ccccc2)C1. The fraction of sp³-hybridized carbons (Fsp3) is 0.333. The van der Waals surface area contributed by atoms with Crippen molar-refractivity contribution in [2.75, 3.05) is 0 Å². The largest absolute Gasteiger partial charge is 0.416 e. The van der Waals surface area contributed by atoms with Crippen LogP contribution in [0.1, 0.15) is 18.4 Å². The molecule has 0 unspecified atom stereocenters. The lowest BCUT2D eigenvalue weighted by molar-refractivity contribution is -0.0906. The van der Waals surface area contributed by atoms with E-state index in [-0.39, 0.29) is 17.6 Å². The van der Waals surface area contributed by atoms with Gasteiger partial charge in [0.1, 0.15) is 0 Å². The zero-order valence-corrected chi connectivity index (χ0v) is 12.3. The monoisotopic (exact) mass is 308 g/mol. The molecule has 1 aliphatic rings. The molecule has 0 bridgehead atoms. The highest BCUT2D eigenvalue weighted by Crippen LogP contribution is 2.41. The van der Waals surface area contributed by atoms with E-state index in [9.17, 15) is 13.2 Å². The molecule has 1 aromatic carbocycles. The van der Waals surface area contributed by atoms with Gasteiger partial charge < -0.3 is 4.74 Å². The predicted molar refractivity (Wildman–Crippen MR) is 81.2 cm³/mol. The number of halogens is 3. The highest BCUT2D eigenvalue weighted by atomic mass is 19.4. The molecule has 0 amide bonds. The van der Waals surface area contributed by atoms with Crippen molar-refractivity contribution in [1.29, 1.82) is 0 Å². The van der Waals surface area contributed by atoms with Gasteiger partial charge in [0.05, 0.1) is 18.3 Å². The van der Waals surface area contributed by atoms with Gasteiger partial charge in [-0.25, -0.2) is 0 Å². The molecule has 1 aliphatic carbocycles. The van der Waals surface area contributed by atoms with Gasteiger partial charge in [-0.1, -0.05) is 55.6 Å². The van der Waals surface area contributed by atoms with E-state index in [4.69, 9.17) is 4.74 Å².